The second kappa shape index (κ2) is 5.63. The van der Waals surface area contributed by atoms with Gasteiger partial charge in [-0.25, -0.2) is 0 Å². The van der Waals surface area contributed by atoms with Crippen molar-refractivity contribution in [3.63, 3.8) is 0 Å². The fourth-order valence-electron chi connectivity index (χ4n) is 3.67. The molecule has 19 heavy (non-hydrogen) atoms. The summed E-state index contributed by atoms with van der Waals surface area (Å²) < 4.78 is 0. The molecule has 2 atom stereocenters. The zero-order chi connectivity index (χ0) is 13.2. The third-order valence-electron chi connectivity index (χ3n) is 4.56. The second-order valence-electron chi connectivity index (χ2n) is 5.52. The number of hydrogen-bond donors (Lipinski definition) is 0. The van der Waals surface area contributed by atoms with Gasteiger partial charge in [0.25, 0.3) is 5.91 Å². The van der Waals surface area contributed by atoms with Crippen LogP contribution in [0.25, 0.3) is 0 Å². The molecule has 104 valence electrons. The molecule has 0 aromatic carbocycles. The Morgan fingerprint density at radius 2 is 2.11 bits per heavy atom. The summed E-state index contributed by atoms with van der Waals surface area (Å²) in [7, 11) is 0. The Hall–Kier alpha value is -0.870. The van der Waals surface area contributed by atoms with Gasteiger partial charge < -0.3 is 4.90 Å². The molecule has 0 N–H and O–H groups in total. The Labute approximate surface area is 119 Å². The lowest BCUT2D eigenvalue weighted by molar-refractivity contribution is 0.0655. The van der Waals surface area contributed by atoms with Crippen molar-refractivity contribution in [3.05, 3.63) is 22.4 Å². The first-order valence-electron chi connectivity index (χ1n) is 7.39. The van der Waals surface area contributed by atoms with Crippen LogP contribution in [0.4, 0.5) is 0 Å². The minimum atomic E-state index is 0.250. The number of rotatable bonds is 3. The Balaban J connectivity index is 1.76. The highest BCUT2D eigenvalue weighted by Gasteiger charge is 2.39. The van der Waals surface area contributed by atoms with Gasteiger partial charge in [-0.3, -0.25) is 9.69 Å². The molecule has 0 spiro atoms. The maximum atomic E-state index is 12.6. The Bertz CT molecular complexity index is 431. The van der Waals surface area contributed by atoms with Gasteiger partial charge in [0.15, 0.2) is 0 Å². The van der Waals surface area contributed by atoms with Crippen molar-refractivity contribution in [2.75, 3.05) is 19.6 Å². The molecule has 0 bridgehead atoms. The lowest BCUT2D eigenvalue weighted by Gasteiger charge is -2.34. The number of hydrogen-bond acceptors (Lipinski definition) is 3. The average molecular weight is 278 g/mol. The molecule has 3 rings (SSSR count). The van der Waals surface area contributed by atoms with E-state index in [1.165, 1.54) is 25.8 Å². The van der Waals surface area contributed by atoms with Gasteiger partial charge in [-0.2, -0.15) is 0 Å². The van der Waals surface area contributed by atoms with Crippen LogP contribution in [-0.2, 0) is 0 Å². The summed E-state index contributed by atoms with van der Waals surface area (Å²) >= 11 is 1.56. The highest BCUT2D eigenvalue weighted by molar-refractivity contribution is 7.12. The zero-order valence-electron chi connectivity index (χ0n) is 11.5. The summed E-state index contributed by atoms with van der Waals surface area (Å²) in [4.78, 5) is 18.2. The van der Waals surface area contributed by atoms with Crippen LogP contribution in [0.1, 0.15) is 42.3 Å². The van der Waals surface area contributed by atoms with E-state index in [4.69, 9.17) is 0 Å². The molecule has 0 aliphatic carbocycles. The Kier molecular flexibility index (Phi) is 3.89. The Morgan fingerprint density at radius 3 is 2.84 bits per heavy atom. The summed E-state index contributed by atoms with van der Waals surface area (Å²) in [5, 5.41) is 1.99. The van der Waals surface area contributed by atoms with Gasteiger partial charge in [0.1, 0.15) is 0 Å². The van der Waals surface area contributed by atoms with Crippen LogP contribution < -0.4 is 0 Å². The summed E-state index contributed by atoms with van der Waals surface area (Å²) in [6.07, 6.45) is 4.89. The minimum absolute atomic E-state index is 0.250. The smallest absolute Gasteiger partial charge is 0.264 e. The molecule has 2 saturated heterocycles. The van der Waals surface area contributed by atoms with E-state index in [9.17, 15) is 4.79 Å². The monoisotopic (exact) mass is 278 g/mol. The van der Waals surface area contributed by atoms with Crippen molar-refractivity contribution >= 4 is 17.2 Å². The van der Waals surface area contributed by atoms with Crippen LogP contribution in [0.5, 0.6) is 0 Å². The van der Waals surface area contributed by atoms with Crippen LogP contribution in [0.3, 0.4) is 0 Å². The molecule has 0 unspecified atom stereocenters. The molecule has 3 nitrogen and oxygen atoms in total. The van der Waals surface area contributed by atoms with Crippen molar-refractivity contribution < 1.29 is 4.79 Å². The molecular weight excluding hydrogens is 256 g/mol. The number of likely N-dealkylation sites (tertiary alicyclic amines) is 2. The van der Waals surface area contributed by atoms with E-state index in [0.29, 0.717) is 12.1 Å². The summed E-state index contributed by atoms with van der Waals surface area (Å²) in [5.41, 5.74) is 0. The van der Waals surface area contributed by atoms with E-state index in [-0.39, 0.29) is 5.91 Å². The largest absolute Gasteiger partial charge is 0.333 e. The number of carbonyl (C=O) groups is 1. The highest BCUT2D eigenvalue weighted by atomic mass is 32.1. The van der Waals surface area contributed by atoms with E-state index in [1.54, 1.807) is 11.3 Å². The van der Waals surface area contributed by atoms with Crippen molar-refractivity contribution in [2.24, 2.45) is 0 Å². The number of likely N-dealkylation sites (N-methyl/N-ethyl adjacent to an activating group) is 1. The topological polar surface area (TPSA) is 23.6 Å². The standard InChI is InChI=1S/C15H22N2OS/c1-2-16-9-3-6-12(16)13-7-4-10-17(13)15(18)14-8-5-11-19-14/h5,8,11-13H,2-4,6-7,9-10H2,1H3/t12-,13+/m0/s1. The van der Waals surface area contributed by atoms with Crippen molar-refractivity contribution in [2.45, 2.75) is 44.7 Å². The van der Waals surface area contributed by atoms with Gasteiger partial charge in [0.05, 0.1) is 4.88 Å². The second-order valence-corrected chi connectivity index (χ2v) is 6.47. The number of amides is 1. The molecule has 0 saturated carbocycles. The van der Waals surface area contributed by atoms with Gasteiger partial charge in [0.2, 0.25) is 0 Å². The number of nitrogens with zero attached hydrogens (tertiary/aromatic N) is 2. The molecular formula is C15H22N2OS. The molecule has 1 aromatic rings. The van der Waals surface area contributed by atoms with Crippen LogP contribution in [0.15, 0.2) is 17.5 Å². The van der Waals surface area contributed by atoms with E-state index >= 15 is 0 Å². The third kappa shape index (κ3) is 2.43. The van der Waals surface area contributed by atoms with E-state index < -0.39 is 0 Å². The molecule has 2 aliphatic rings. The minimum Gasteiger partial charge on any atom is -0.333 e. The quantitative estimate of drug-likeness (QED) is 0.849. The predicted molar refractivity (Wildman–Crippen MR) is 78.6 cm³/mol. The average Bonchev–Trinajstić information content (AvgIpc) is 3.16. The molecule has 4 heteroatoms. The van der Waals surface area contributed by atoms with Crippen molar-refractivity contribution in [1.82, 2.24) is 9.80 Å². The Morgan fingerprint density at radius 1 is 1.32 bits per heavy atom. The first kappa shape index (κ1) is 13.1. The first-order chi connectivity index (χ1) is 9.31. The van der Waals surface area contributed by atoms with E-state index in [2.05, 4.69) is 16.7 Å². The lowest BCUT2D eigenvalue weighted by atomic mass is 10.0. The van der Waals surface area contributed by atoms with Crippen LogP contribution in [-0.4, -0.2) is 47.4 Å². The van der Waals surface area contributed by atoms with Gasteiger partial charge in [-0.05, 0) is 50.2 Å². The van der Waals surface area contributed by atoms with Crippen LogP contribution in [0.2, 0.25) is 0 Å². The SMILES string of the molecule is CCN1CCC[C@H]1[C@H]1CCCN1C(=O)c1cccs1. The van der Waals surface area contributed by atoms with Gasteiger partial charge in [-0.1, -0.05) is 13.0 Å². The predicted octanol–water partition coefficient (Wildman–Crippen LogP) is 2.84. The van der Waals surface area contributed by atoms with Crippen LogP contribution in [0, 0.1) is 0 Å². The molecule has 3 heterocycles. The van der Waals surface area contributed by atoms with Gasteiger partial charge in [-0.15, -0.1) is 11.3 Å². The molecule has 0 radical (unpaired) electrons. The number of thiophene rings is 1. The van der Waals surface area contributed by atoms with Gasteiger partial charge >= 0.3 is 0 Å². The first-order valence-corrected chi connectivity index (χ1v) is 8.27. The van der Waals surface area contributed by atoms with Gasteiger partial charge in [0, 0.05) is 18.6 Å². The lowest BCUT2D eigenvalue weighted by Crippen LogP contribution is -2.48. The molecule has 1 aromatic heterocycles. The number of carbonyl (C=O) groups excluding carboxylic acids is 1. The maximum Gasteiger partial charge on any atom is 0.264 e. The molecule has 2 fully saturated rings. The fourth-order valence-corrected chi connectivity index (χ4v) is 4.35. The summed E-state index contributed by atoms with van der Waals surface area (Å²) in [6, 6.07) is 4.96. The van der Waals surface area contributed by atoms with E-state index in [1.807, 2.05) is 17.5 Å². The molecule has 1 amide bonds. The summed E-state index contributed by atoms with van der Waals surface area (Å²) in [5.74, 6) is 0.250. The molecule has 2 aliphatic heterocycles. The van der Waals surface area contributed by atoms with Crippen molar-refractivity contribution in [1.29, 1.82) is 0 Å². The zero-order valence-corrected chi connectivity index (χ0v) is 12.4. The van der Waals surface area contributed by atoms with Crippen molar-refractivity contribution in [3.8, 4) is 0 Å². The normalized spacial score (nSPS) is 28.2. The highest BCUT2D eigenvalue weighted by Crippen LogP contribution is 2.31. The van der Waals surface area contributed by atoms with E-state index in [0.717, 1.165) is 24.4 Å². The fraction of sp³-hybridized carbons (Fsp3) is 0.667. The third-order valence-corrected chi connectivity index (χ3v) is 5.41. The summed E-state index contributed by atoms with van der Waals surface area (Å²) in [6.45, 7) is 5.50. The van der Waals surface area contributed by atoms with Crippen LogP contribution >= 0.6 is 11.3 Å². The maximum absolute atomic E-state index is 12.6.